The minimum absolute atomic E-state index is 0.305. The molecule has 2 aromatic rings. The summed E-state index contributed by atoms with van der Waals surface area (Å²) in [5.74, 6) is 0. The minimum atomic E-state index is 0.305. The molecule has 0 heterocycles. The zero-order valence-electron chi connectivity index (χ0n) is 11.0. The maximum atomic E-state index is 3.54. The van der Waals surface area contributed by atoms with Crippen LogP contribution in [0.3, 0.4) is 0 Å². The SMILES string of the molecule is Cc1ccc(C)c(C(C)Nc2cccc(Br)c2)c1. The molecule has 94 valence electrons. The highest BCUT2D eigenvalue weighted by molar-refractivity contribution is 9.10. The van der Waals surface area contributed by atoms with Gasteiger partial charge in [0, 0.05) is 16.2 Å². The smallest absolute Gasteiger partial charge is 0.0488 e. The molecular weight excluding hydrogens is 286 g/mol. The minimum Gasteiger partial charge on any atom is -0.378 e. The normalized spacial score (nSPS) is 12.2. The molecule has 0 amide bonds. The number of rotatable bonds is 3. The lowest BCUT2D eigenvalue weighted by molar-refractivity contribution is 0.872. The van der Waals surface area contributed by atoms with Gasteiger partial charge in [0.2, 0.25) is 0 Å². The zero-order chi connectivity index (χ0) is 13.1. The van der Waals surface area contributed by atoms with E-state index in [9.17, 15) is 0 Å². The van der Waals surface area contributed by atoms with Gasteiger partial charge in [-0.1, -0.05) is 45.8 Å². The highest BCUT2D eigenvalue weighted by Crippen LogP contribution is 2.24. The van der Waals surface area contributed by atoms with E-state index in [0.717, 1.165) is 10.2 Å². The predicted molar refractivity (Wildman–Crippen MR) is 82.1 cm³/mol. The van der Waals surface area contributed by atoms with Gasteiger partial charge in [-0.05, 0) is 50.1 Å². The van der Waals surface area contributed by atoms with Crippen molar-refractivity contribution in [3.8, 4) is 0 Å². The molecule has 0 fully saturated rings. The van der Waals surface area contributed by atoms with E-state index in [-0.39, 0.29) is 0 Å². The number of benzene rings is 2. The highest BCUT2D eigenvalue weighted by Gasteiger charge is 2.08. The first-order valence-corrected chi connectivity index (χ1v) is 6.95. The fourth-order valence-electron chi connectivity index (χ4n) is 2.13. The van der Waals surface area contributed by atoms with Crippen molar-refractivity contribution in [2.75, 3.05) is 5.32 Å². The van der Waals surface area contributed by atoms with E-state index in [1.54, 1.807) is 0 Å². The second kappa shape index (κ2) is 5.57. The van der Waals surface area contributed by atoms with Crippen LogP contribution in [0.2, 0.25) is 0 Å². The Balaban J connectivity index is 2.21. The van der Waals surface area contributed by atoms with Crippen LogP contribution >= 0.6 is 15.9 Å². The molecule has 0 spiro atoms. The molecule has 1 N–H and O–H groups in total. The van der Waals surface area contributed by atoms with Crippen molar-refractivity contribution in [1.82, 2.24) is 0 Å². The number of anilines is 1. The summed E-state index contributed by atoms with van der Waals surface area (Å²) in [6, 6.07) is 15.2. The fraction of sp³-hybridized carbons (Fsp3) is 0.250. The van der Waals surface area contributed by atoms with Gasteiger partial charge in [-0.15, -0.1) is 0 Å². The summed E-state index contributed by atoms with van der Waals surface area (Å²) in [5, 5.41) is 3.54. The van der Waals surface area contributed by atoms with E-state index in [2.05, 4.69) is 72.3 Å². The van der Waals surface area contributed by atoms with Gasteiger partial charge in [-0.3, -0.25) is 0 Å². The lowest BCUT2D eigenvalue weighted by Gasteiger charge is -2.18. The van der Waals surface area contributed by atoms with Crippen LogP contribution in [0.1, 0.15) is 29.7 Å². The Labute approximate surface area is 117 Å². The summed E-state index contributed by atoms with van der Waals surface area (Å²) < 4.78 is 1.10. The average molecular weight is 304 g/mol. The van der Waals surface area contributed by atoms with E-state index in [4.69, 9.17) is 0 Å². The number of aryl methyl sites for hydroxylation is 2. The first-order valence-electron chi connectivity index (χ1n) is 6.15. The molecule has 18 heavy (non-hydrogen) atoms. The van der Waals surface area contributed by atoms with Gasteiger partial charge in [-0.25, -0.2) is 0 Å². The van der Waals surface area contributed by atoms with E-state index in [1.165, 1.54) is 16.7 Å². The van der Waals surface area contributed by atoms with Crippen LogP contribution in [-0.4, -0.2) is 0 Å². The van der Waals surface area contributed by atoms with E-state index >= 15 is 0 Å². The molecule has 0 aliphatic rings. The molecular formula is C16H18BrN. The Hall–Kier alpha value is -1.28. The lowest BCUT2D eigenvalue weighted by Crippen LogP contribution is -2.08. The predicted octanol–water partition coefficient (Wildman–Crippen LogP) is 5.24. The van der Waals surface area contributed by atoms with Crippen LogP contribution in [-0.2, 0) is 0 Å². The summed E-state index contributed by atoms with van der Waals surface area (Å²) in [7, 11) is 0. The third kappa shape index (κ3) is 3.14. The second-order valence-corrected chi connectivity index (χ2v) is 5.65. The molecule has 0 aromatic heterocycles. The van der Waals surface area contributed by atoms with Crippen LogP contribution in [0.15, 0.2) is 46.9 Å². The molecule has 0 aliphatic carbocycles. The lowest BCUT2D eigenvalue weighted by atomic mass is 10.00. The van der Waals surface area contributed by atoms with Gasteiger partial charge in [0.1, 0.15) is 0 Å². The monoisotopic (exact) mass is 303 g/mol. The van der Waals surface area contributed by atoms with Crippen LogP contribution in [0.5, 0.6) is 0 Å². The van der Waals surface area contributed by atoms with E-state index in [0.29, 0.717) is 6.04 Å². The first-order chi connectivity index (χ1) is 8.56. The van der Waals surface area contributed by atoms with Crippen molar-refractivity contribution < 1.29 is 0 Å². The average Bonchev–Trinajstić information content (AvgIpc) is 2.32. The summed E-state index contributed by atoms with van der Waals surface area (Å²) >= 11 is 3.49. The highest BCUT2D eigenvalue weighted by atomic mass is 79.9. The number of hydrogen-bond donors (Lipinski definition) is 1. The van der Waals surface area contributed by atoms with E-state index < -0.39 is 0 Å². The summed E-state index contributed by atoms with van der Waals surface area (Å²) in [6.07, 6.45) is 0. The van der Waals surface area contributed by atoms with Crippen molar-refractivity contribution in [3.05, 3.63) is 63.6 Å². The van der Waals surface area contributed by atoms with Crippen LogP contribution in [0.4, 0.5) is 5.69 Å². The van der Waals surface area contributed by atoms with Gasteiger partial charge >= 0.3 is 0 Å². The third-order valence-corrected chi connectivity index (χ3v) is 3.60. The summed E-state index contributed by atoms with van der Waals surface area (Å²) in [5.41, 5.74) is 5.13. The van der Waals surface area contributed by atoms with Crippen molar-refractivity contribution in [2.24, 2.45) is 0 Å². The molecule has 0 bridgehead atoms. The Morgan fingerprint density at radius 2 is 1.83 bits per heavy atom. The standard InChI is InChI=1S/C16H18BrN/c1-11-7-8-12(2)16(9-11)13(3)18-15-6-4-5-14(17)10-15/h4-10,13,18H,1-3H3. The van der Waals surface area contributed by atoms with Gasteiger partial charge in [0.05, 0.1) is 0 Å². The van der Waals surface area contributed by atoms with Gasteiger partial charge < -0.3 is 5.32 Å². The number of halogens is 1. The number of hydrogen-bond acceptors (Lipinski definition) is 1. The van der Waals surface area contributed by atoms with Crippen molar-refractivity contribution in [1.29, 1.82) is 0 Å². The molecule has 0 saturated heterocycles. The van der Waals surface area contributed by atoms with Crippen LogP contribution in [0.25, 0.3) is 0 Å². The Kier molecular flexibility index (Phi) is 4.07. The van der Waals surface area contributed by atoms with Gasteiger partial charge in [0.25, 0.3) is 0 Å². The Morgan fingerprint density at radius 1 is 1.06 bits per heavy atom. The number of nitrogens with one attached hydrogen (secondary N) is 1. The maximum absolute atomic E-state index is 3.54. The quantitative estimate of drug-likeness (QED) is 0.817. The van der Waals surface area contributed by atoms with Crippen LogP contribution < -0.4 is 5.32 Å². The fourth-order valence-corrected chi connectivity index (χ4v) is 2.53. The van der Waals surface area contributed by atoms with Gasteiger partial charge in [0.15, 0.2) is 0 Å². The van der Waals surface area contributed by atoms with Gasteiger partial charge in [-0.2, -0.15) is 0 Å². The zero-order valence-corrected chi connectivity index (χ0v) is 12.6. The molecule has 1 nitrogen and oxygen atoms in total. The molecule has 0 saturated carbocycles. The largest absolute Gasteiger partial charge is 0.378 e. The second-order valence-electron chi connectivity index (χ2n) is 4.74. The molecule has 2 aromatic carbocycles. The summed E-state index contributed by atoms with van der Waals surface area (Å²) in [4.78, 5) is 0. The third-order valence-electron chi connectivity index (χ3n) is 3.11. The maximum Gasteiger partial charge on any atom is 0.0488 e. The first kappa shape index (κ1) is 13.2. The molecule has 1 unspecified atom stereocenters. The summed E-state index contributed by atoms with van der Waals surface area (Å²) in [6.45, 7) is 6.49. The van der Waals surface area contributed by atoms with Crippen LogP contribution in [0, 0.1) is 13.8 Å². The van der Waals surface area contributed by atoms with Crippen molar-refractivity contribution >= 4 is 21.6 Å². The molecule has 0 aliphatic heterocycles. The molecule has 2 rings (SSSR count). The van der Waals surface area contributed by atoms with Crippen molar-refractivity contribution in [2.45, 2.75) is 26.8 Å². The van der Waals surface area contributed by atoms with E-state index in [1.807, 2.05) is 12.1 Å². The topological polar surface area (TPSA) is 12.0 Å². The Morgan fingerprint density at radius 3 is 2.56 bits per heavy atom. The Bertz CT molecular complexity index is 549. The molecule has 2 heteroatoms. The molecule has 1 atom stereocenters. The van der Waals surface area contributed by atoms with Crippen molar-refractivity contribution in [3.63, 3.8) is 0 Å². The molecule has 0 radical (unpaired) electrons.